The van der Waals surface area contributed by atoms with E-state index in [4.69, 9.17) is 0 Å². The van der Waals surface area contributed by atoms with Crippen LogP contribution in [0.25, 0.3) is 0 Å². The molecule has 0 fully saturated rings. The Labute approximate surface area is 254 Å². The van der Waals surface area contributed by atoms with E-state index < -0.39 is 59.4 Å². The Hall–Kier alpha value is -5.11. The maximum Gasteiger partial charge on any atom is 0.416 e. The van der Waals surface area contributed by atoms with Crippen molar-refractivity contribution in [3.05, 3.63) is 137 Å². The molecule has 1 unspecified atom stereocenters. The van der Waals surface area contributed by atoms with Crippen molar-refractivity contribution in [1.82, 2.24) is 4.90 Å². The fraction of sp³-hybridized carbons (Fsp3) is 0.176. The molecule has 3 aromatic rings. The molecule has 0 spiro atoms. The predicted octanol–water partition coefficient (Wildman–Crippen LogP) is 7.98. The molecule has 1 atom stereocenters. The van der Waals surface area contributed by atoms with E-state index in [2.05, 4.69) is 23.7 Å². The van der Waals surface area contributed by atoms with Crippen molar-refractivity contribution in [2.45, 2.75) is 30.9 Å². The Bertz CT molecular complexity index is 1730. The number of alkyl halides is 7. The molecule has 3 aromatic carbocycles. The Morgan fingerprint density at radius 3 is 2.24 bits per heavy atom. The van der Waals surface area contributed by atoms with Gasteiger partial charge in [0, 0.05) is 28.9 Å². The van der Waals surface area contributed by atoms with Gasteiger partial charge in [0.25, 0.3) is 0 Å². The number of halogens is 7. The lowest BCUT2D eigenvalue weighted by molar-refractivity contribution is -0.139. The van der Waals surface area contributed by atoms with Crippen LogP contribution in [0.15, 0.2) is 109 Å². The van der Waals surface area contributed by atoms with Crippen LogP contribution in [0.3, 0.4) is 0 Å². The lowest BCUT2D eigenvalue weighted by atomic mass is 9.85. The smallest absolute Gasteiger partial charge is 0.322 e. The molecule has 2 amide bonds. The van der Waals surface area contributed by atoms with Gasteiger partial charge in [-0.2, -0.15) is 26.3 Å². The first-order valence-electron chi connectivity index (χ1n) is 13.4. The van der Waals surface area contributed by atoms with Gasteiger partial charge in [-0.3, -0.25) is 9.59 Å². The Morgan fingerprint density at radius 2 is 1.60 bits per heavy atom. The maximum absolute atomic E-state index is 16.0. The maximum atomic E-state index is 16.0. The highest BCUT2D eigenvalue weighted by Crippen LogP contribution is 2.43. The van der Waals surface area contributed by atoms with Gasteiger partial charge in [0.1, 0.15) is 0 Å². The fourth-order valence-corrected chi connectivity index (χ4v) is 4.72. The van der Waals surface area contributed by atoms with E-state index in [9.17, 15) is 35.9 Å². The first-order chi connectivity index (χ1) is 21.2. The highest BCUT2D eigenvalue weighted by atomic mass is 19.4. The molecule has 45 heavy (non-hydrogen) atoms. The molecule has 4 rings (SSSR count). The van der Waals surface area contributed by atoms with Crippen LogP contribution in [0.1, 0.15) is 34.2 Å². The SMILES string of the molecule is C=CC(=O)Nc1cccc(C#CCN(C(=O)Cc2ccccc2C(F)(F)F)C2=CCC(F)(c3ccccc3C(F)(F)F)C=C2)c1. The van der Waals surface area contributed by atoms with Crippen LogP contribution in [-0.4, -0.2) is 23.3 Å². The van der Waals surface area contributed by atoms with Crippen LogP contribution < -0.4 is 5.32 Å². The molecule has 232 valence electrons. The number of hydrogen-bond donors (Lipinski definition) is 1. The van der Waals surface area contributed by atoms with E-state index in [1.165, 1.54) is 30.3 Å². The third-order valence-electron chi connectivity index (χ3n) is 6.87. The minimum Gasteiger partial charge on any atom is -0.322 e. The lowest BCUT2D eigenvalue weighted by Gasteiger charge is -2.30. The number of anilines is 1. The number of rotatable bonds is 7. The minimum atomic E-state index is -4.82. The summed E-state index contributed by atoms with van der Waals surface area (Å²) in [5, 5.41) is 2.57. The van der Waals surface area contributed by atoms with Gasteiger partial charge in [-0.1, -0.05) is 67.0 Å². The lowest BCUT2D eigenvalue weighted by Crippen LogP contribution is -2.34. The second-order valence-corrected chi connectivity index (χ2v) is 9.96. The van der Waals surface area contributed by atoms with E-state index in [1.54, 1.807) is 24.3 Å². The van der Waals surface area contributed by atoms with Gasteiger partial charge in [0.2, 0.25) is 11.8 Å². The van der Waals surface area contributed by atoms with E-state index in [-0.39, 0.29) is 17.8 Å². The molecule has 11 heteroatoms. The summed E-state index contributed by atoms with van der Waals surface area (Å²) in [6.07, 6.45) is -6.48. The van der Waals surface area contributed by atoms with Crippen molar-refractivity contribution in [2.24, 2.45) is 0 Å². The molecule has 0 aliphatic heterocycles. The molecular formula is C34H25F7N2O2. The Morgan fingerprint density at radius 1 is 0.933 bits per heavy atom. The molecule has 0 radical (unpaired) electrons. The van der Waals surface area contributed by atoms with Gasteiger partial charge in [-0.05, 0) is 54.1 Å². The van der Waals surface area contributed by atoms with Crippen LogP contribution in [0.4, 0.5) is 36.4 Å². The van der Waals surface area contributed by atoms with Gasteiger partial charge in [0.15, 0.2) is 5.67 Å². The standard InChI is InChI=1S/C34H25F7N2O2/c1-2-30(44)42-25-12-7-9-23(21-25)10-8-20-43(31(45)22-24-11-3-4-13-27(24)33(36,37)38)26-16-18-32(35,19-17-26)28-14-5-6-15-29(28)34(39,40)41/h2-7,9,11-18,21H,1,19-20,22H2,(H,42,44). The number of nitrogens with one attached hydrogen (secondary N) is 1. The van der Waals surface area contributed by atoms with Crippen molar-refractivity contribution in [3.63, 3.8) is 0 Å². The van der Waals surface area contributed by atoms with E-state index in [0.29, 0.717) is 11.3 Å². The summed E-state index contributed by atoms with van der Waals surface area (Å²) in [5.74, 6) is 4.33. The molecule has 0 saturated carbocycles. The topological polar surface area (TPSA) is 49.4 Å². The van der Waals surface area contributed by atoms with Crippen LogP contribution in [0, 0.1) is 11.8 Å². The van der Waals surface area contributed by atoms with Crippen molar-refractivity contribution in [1.29, 1.82) is 0 Å². The highest BCUT2D eigenvalue weighted by molar-refractivity contribution is 5.98. The third-order valence-corrected chi connectivity index (χ3v) is 6.87. The molecule has 4 nitrogen and oxygen atoms in total. The average Bonchev–Trinajstić information content (AvgIpc) is 2.99. The van der Waals surface area contributed by atoms with Gasteiger partial charge in [0.05, 0.1) is 24.1 Å². The fourth-order valence-electron chi connectivity index (χ4n) is 4.72. The first kappa shape index (κ1) is 32.8. The molecule has 0 aromatic heterocycles. The average molecular weight is 627 g/mol. The monoisotopic (exact) mass is 626 g/mol. The molecular weight excluding hydrogens is 601 g/mol. The van der Waals surface area contributed by atoms with Crippen LogP contribution in [-0.2, 0) is 34.0 Å². The molecule has 1 aliphatic rings. The number of allylic oxidation sites excluding steroid dienone is 3. The number of hydrogen-bond acceptors (Lipinski definition) is 2. The van der Waals surface area contributed by atoms with E-state index >= 15 is 4.39 Å². The van der Waals surface area contributed by atoms with Gasteiger partial charge >= 0.3 is 12.4 Å². The molecule has 0 bridgehead atoms. The van der Waals surface area contributed by atoms with Crippen molar-refractivity contribution < 1.29 is 40.3 Å². The molecule has 1 aliphatic carbocycles. The second-order valence-electron chi connectivity index (χ2n) is 9.96. The number of benzene rings is 3. The van der Waals surface area contributed by atoms with Crippen molar-refractivity contribution >= 4 is 17.5 Å². The van der Waals surface area contributed by atoms with Crippen molar-refractivity contribution in [3.8, 4) is 11.8 Å². The zero-order valence-corrected chi connectivity index (χ0v) is 23.5. The zero-order valence-electron chi connectivity index (χ0n) is 23.5. The Kier molecular flexibility index (Phi) is 9.66. The molecule has 0 saturated heterocycles. The normalized spacial score (nSPS) is 16.2. The summed E-state index contributed by atoms with van der Waals surface area (Å²) in [4.78, 5) is 26.1. The predicted molar refractivity (Wildman–Crippen MR) is 155 cm³/mol. The van der Waals surface area contributed by atoms with E-state index in [1.807, 2.05) is 0 Å². The summed E-state index contributed by atoms with van der Waals surface area (Å²) in [6.45, 7) is 3.03. The largest absolute Gasteiger partial charge is 0.416 e. The second kappa shape index (κ2) is 13.3. The number of carbonyl (C=O) groups excluding carboxylic acids is 2. The Balaban J connectivity index is 1.65. The van der Waals surface area contributed by atoms with E-state index in [0.717, 1.165) is 47.4 Å². The van der Waals surface area contributed by atoms with Crippen LogP contribution >= 0.6 is 0 Å². The third kappa shape index (κ3) is 8.09. The summed E-state index contributed by atoms with van der Waals surface area (Å²) < 4.78 is 97.7. The van der Waals surface area contributed by atoms with Crippen LogP contribution in [0.2, 0.25) is 0 Å². The zero-order chi connectivity index (χ0) is 32.8. The molecule has 1 N–H and O–H groups in total. The summed E-state index contributed by atoms with van der Waals surface area (Å²) in [5.41, 5.74) is -4.70. The summed E-state index contributed by atoms with van der Waals surface area (Å²) in [7, 11) is 0. The van der Waals surface area contributed by atoms with Gasteiger partial charge < -0.3 is 10.2 Å². The molecule has 0 heterocycles. The van der Waals surface area contributed by atoms with Crippen LogP contribution in [0.5, 0.6) is 0 Å². The van der Waals surface area contributed by atoms with Crippen molar-refractivity contribution in [2.75, 3.05) is 11.9 Å². The quantitative estimate of drug-likeness (QED) is 0.164. The summed E-state index contributed by atoms with van der Waals surface area (Å²) >= 11 is 0. The number of nitrogens with zero attached hydrogens (tertiary/aromatic N) is 1. The number of amides is 2. The van der Waals surface area contributed by atoms with Gasteiger partial charge in [-0.15, -0.1) is 0 Å². The summed E-state index contributed by atoms with van der Waals surface area (Å²) in [6, 6.07) is 15.2. The first-order valence-corrected chi connectivity index (χ1v) is 13.4. The number of carbonyl (C=O) groups is 2. The van der Waals surface area contributed by atoms with Gasteiger partial charge in [-0.25, -0.2) is 4.39 Å². The minimum absolute atomic E-state index is 0.0588. The highest BCUT2D eigenvalue weighted by Gasteiger charge is 2.41.